The summed E-state index contributed by atoms with van der Waals surface area (Å²) < 4.78 is 11.5. The summed E-state index contributed by atoms with van der Waals surface area (Å²) in [5.41, 5.74) is 6.01. The molecule has 2 bridgehead atoms. The Bertz CT molecular complexity index is 244. The Labute approximate surface area is 103 Å². The first-order valence-corrected chi connectivity index (χ1v) is 7.04. The van der Waals surface area contributed by atoms with E-state index in [1.807, 2.05) is 0 Å². The minimum atomic E-state index is 0.465. The standard InChI is InChI=1S/C13H24N2O2/c14-6-13(10-2-1-5-16-9-10)15-7-11-3-4-12(8-15)17-11/h10-13H,1-9,14H2. The molecule has 98 valence electrons. The van der Waals surface area contributed by atoms with E-state index in [0.29, 0.717) is 24.2 Å². The molecule has 3 aliphatic rings. The van der Waals surface area contributed by atoms with Crippen LogP contribution in [-0.4, -0.2) is 56.0 Å². The van der Waals surface area contributed by atoms with Crippen LogP contribution in [0, 0.1) is 5.92 Å². The maximum atomic E-state index is 6.01. The van der Waals surface area contributed by atoms with Gasteiger partial charge in [0.2, 0.25) is 0 Å². The van der Waals surface area contributed by atoms with E-state index in [2.05, 4.69) is 4.90 Å². The van der Waals surface area contributed by atoms with Crippen LogP contribution in [0.5, 0.6) is 0 Å². The van der Waals surface area contributed by atoms with Crippen LogP contribution < -0.4 is 5.73 Å². The average molecular weight is 240 g/mol. The lowest BCUT2D eigenvalue weighted by Crippen LogP contribution is -2.54. The van der Waals surface area contributed by atoms with Gasteiger partial charge in [-0.05, 0) is 31.6 Å². The van der Waals surface area contributed by atoms with Crippen LogP contribution in [-0.2, 0) is 9.47 Å². The molecular weight excluding hydrogens is 216 g/mol. The summed E-state index contributed by atoms with van der Waals surface area (Å²) in [5, 5.41) is 0. The Kier molecular flexibility index (Phi) is 3.66. The molecule has 3 rings (SSSR count). The highest BCUT2D eigenvalue weighted by Crippen LogP contribution is 2.30. The van der Waals surface area contributed by atoms with E-state index in [1.54, 1.807) is 0 Å². The predicted molar refractivity (Wildman–Crippen MR) is 65.9 cm³/mol. The topological polar surface area (TPSA) is 47.7 Å². The summed E-state index contributed by atoms with van der Waals surface area (Å²) in [7, 11) is 0. The van der Waals surface area contributed by atoms with Crippen LogP contribution in [0.1, 0.15) is 25.7 Å². The van der Waals surface area contributed by atoms with E-state index in [-0.39, 0.29) is 0 Å². The molecule has 3 aliphatic heterocycles. The van der Waals surface area contributed by atoms with E-state index >= 15 is 0 Å². The maximum absolute atomic E-state index is 6.01. The minimum Gasteiger partial charge on any atom is -0.381 e. The second-order valence-electron chi connectivity index (χ2n) is 5.69. The van der Waals surface area contributed by atoms with Crippen molar-refractivity contribution in [3.05, 3.63) is 0 Å². The first-order valence-electron chi connectivity index (χ1n) is 7.04. The summed E-state index contributed by atoms with van der Waals surface area (Å²) in [5.74, 6) is 0.631. The molecule has 0 radical (unpaired) electrons. The molecule has 3 fully saturated rings. The van der Waals surface area contributed by atoms with Crippen molar-refractivity contribution >= 4 is 0 Å². The quantitative estimate of drug-likeness (QED) is 0.785. The second-order valence-corrected chi connectivity index (χ2v) is 5.69. The lowest BCUT2D eigenvalue weighted by atomic mass is 9.92. The lowest BCUT2D eigenvalue weighted by molar-refractivity contribution is -0.0725. The smallest absolute Gasteiger partial charge is 0.0707 e. The highest BCUT2D eigenvalue weighted by Gasteiger charge is 2.38. The number of rotatable bonds is 3. The van der Waals surface area contributed by atoms with Gasteiger partial charge in [0.15, 0.2) is 0 Å². The molecule has 0 spiro atoms. The number of morpholine rings is 1. The summed E-state index contributed by atoms with van der Waals surface area (Å²) in [6.07, 6.45) is 5.87. The first-order chi connectivity index (χ1) is 8.36. The van der Waals surface area contributed by atoms with E-state index in [9.17, 15) is 0 Å². The maximum Gasteiger partial charge on any atom is 0.0707 e. The fourth-order valence-electron chi connectivity index (χ4n) is 3.63. The highest BCUT2D eigenvalue weighted by atomic mass is 16.5. The third-order valence-electron chi connectivity index (χ3n) is 4.52. The summed E-state index contributed by atoms with van der Waals surface area (Å²) >= 11 is 0. The molecule has 0 aliphatic carbocycles. The van der Waals surface area contributed by atoms with Gasteiger partial charge in [-0.1, -0.05) is 0 Å². The molecule has 4 nitrogen and oxygen atoms in total. The van der Waals surface area contributed by atoms with Gasteiger partial charge in [-0.3, -0.25) is 4.90 Å². The van der Waals surface area contributed by atoms with Crippen LogP contribution in [0.2, 0.25) is 0 Å². The van der Waals surface area contributed by atoms with Crippen molar-refractivity contribution in [3.8, 4) is 0 Å². The van der Waals surface area contributed by atoms with Crippen molar-refractivity contribution in [1.29, 1.82) is 0 Å². The minimum absolute atomic E-state index is 0.465. The van der Waals surface area contributed by atoms with Gasteiger partial charge in [-0.25, -0.2) is 0 Å². The van der Waals surface area contributed by atoms with E-state index in [1.165, 1.54) is 25.7 Å². The van der Waals surface area contributed by atoms with Crippen molar-refractivity contribution in [1.82, 2.24) is 4.90 Å². The van der Waals surface area contributed by atoms with Gasteiger partial charge in [0.05, 0.1) is 18.8 Å². The highest BCUT2D eigenvalue weighted by molar-refractivity contribution is 4.91. The van der Waals surface area contributed by atoms with Gasteiger partial charge in [0, 0.05) is 32.3 Å². The summed E-state index contributed by atoms with van der Waals surface area (Å²) in [4.78, 5) is 2.57. The third kappa shape index (κ3) is 2.50. The number of fused-ring (bicyclic) bond motifs is 2. The number of hydrogen-bond acceptors (Lipinski definition) is 4. The number of likely N-dealkylation sites (tertiary alicyclic amines) is 1. The summed E-state index contributed by atoms with van der Waals surface area (Å²) in [6.45, 7) is 4.74. The zero-order chi connectivity index (χ0) is 11.7. The lowest BCUT2D eigenvalue weighted by Gasteiger charge is -2.42. The number of nitrogens with two attached hydrogens (primary N) is 1. The largest absolute Gasteiger partial charge is 0.381 e. The SMILES string of the molecule is NCC(C1CCCOC1)N1CC2CCC(C1)O2. The van der Waals surface area contributed by atoms with Gasteiger partial charge in [-0.15, -0.1) is 0 Å². The zero-order valence-corrected chi connectivity index (χ0v) is 10.5. The van der Waals surface area contributed by atoms with Crippen LogP contribution in [0.4, 0.5) is 0 Å². The molecule has 3 heterocycles. The van der Waals surface area contributed by atoms with Crippen LogP contribution in [0.3, 0.4) is 0 Å². The zero-order valence-electron chi connectivity index (χ0n) is 10.5. The van der Waals surface area contributed by atoms with Gasteiger partial charge < -0.3 is 15.2 Å². The van der Waals surface area contributed by atoms with Crippen molar-refractivity contribution < 1.29 is 9.47 Å². The first kappa shape index (κ1) is 11.9. The molecule has 2 N–H and O–H groups in total. The molecule has 17 heavy (non-hydrogen) atoms. The number of hydrogen-bond donors (Lipinski definition) is 1. The number of ether oxygens (including phenoxy) is 2. The molecule has 0 aromatic heterocycles. The third-order valence-corrected chi connectivity index (χ3v) is 4.52. The number of nitrogens with zero attached hydrogens (tertiary/aromatic N) is 1. The molecule has 4 unspecified atom stereocenters. The van der Waals surface area contributed by atoms with Crippen LogP contribution in [0.15, 0.2) is 0 Å². The molecular formula is C13H24N2O2. The second kappa shape index (κ2) is 5.22. The Morgan fingerprint density at radius 3 is 2.53 bits per heavy atom. The predicted octanol–water partition coefficient (Wildman–Crippen LogP) is 0.603. The van der Waals surface area contributed by atoms with Gasteiger partial charge in [0.1, 0.15) is 0 Å². The monoisotopic (exact) mass is 240 g/mol. The van der Waals surface area contributed by atoms with Crippen LogP contribution in [0.25, 0.3) is 0 Å². The summed E-state index contributed by atoms with van der Waals surface area (Å²) in [6, 6.07) is 0.502. The fourth-order valence-corrected chi connectivity index (χ4v) is 3.63. The Morgan fingerprint density at radius 1 is 1.18 bits per heavy atom. The van der Waals surface area contributed by atoms with Crippen molar-refractivity contribution in [3.63, 3.8) is 0 Å². The van der Waals surface area contributed by atoms with Crippen molar-refractivity contribution in [2.24, 2.45) is 11.7 Å². The average Bonchev–Trinajstić information content (AvgIpc) is 2.71. The Morgan fingerprint density at radius 2 is 1.94 bits per heavy atom. The molecule has 0 amide bonds. The Balaban J connectivity index is 1.63. The van der Waals surface area contributed by atoms with Gasteiger partial charge in [0.25, 0.3) is 0 Å². The Hall–Kier alpha value is -0.160. The van der Waals surface area contributed by atoms with E-state index in [4.69, 9.17) is 15.2 Å². The normalized spacial score (nSPS) is 40.4. The van der Waals surface area contributed by atoms with Crippen molar-refractivity contribution in [2.75, 3.05) is 32.8 Å². The van der Waals surface area contributed by atoms with Gasteiger partial charge in [-0.2, -0.15) is 0 Å². The van der Waals surface area contributed by atoms with Crippen LogP contribution >= 0.6 is 0 Å². The molecule has 0 aromatic rings. The van der Waals surface area contributed by atoms with Gasteiger partial charge >= 0.3 is 0 Å². The molecule has 3 saturated heterocycles. The fraction of sp³-hybridized carbons (Fsp3) is 1.00. The van der Waals surface area contributed by atoms with E-state index in [0.717, 1.165) is 32.8 Å². The molecule has 0 saturated carbocycles. The molecule has 0 aromatic carbocycles. The van der Waals surface area contributed by atoms with Crippen molar-refractivity contribution in [2.45, 2.75) is 43.9 Å². The van der Waals surface area contributed by atoms with E-state index < -0.39 is 0 Å². The molecule has 4 heteroatoms. The molecule has 4 atom stereocenters.